The van der Waals surface area contributed by atoms with Gasteiger partial charge in [-0.1, -0.05) is 6.92 Å². The van der Waals surface area contributed by atoms with Crippen LogP contribution in [0, 0.1) is 0 Å². The minimum Gasteiger partial charge on any atom is -0.349 e. The van der Waals surface area contributed by atoms with Crippen LogP contribution in [0.3, 0.4) is 0 Å². The molecule has 0 unspecified atom stereocenters. The summed E-state index contributed by atoms with van der Waals surface area (Å²) in [4.78, 5) is 10.9. The van der Waals surface area contributed by atoms with Gasteiger partial charge in [-0.3, -0.25) is 4.79 Å². The molecule has 0 aliphatic heterocycles. The van der Waals surface area contributed by atoms with Crippen molar-refractivity contribution < 1.29 is 4.79 Å². The SMILES string of the molecule is CCC(=O)NC1(CCl)CC1. The zero-order valence-corrected chi connectivity index (χ0v) is 6.87. The number of hydrogen-bond acceptors (Lipinski definition) is 1. The van der Waals surface area contributed by atoms with Gasteiger partial charge in [-0.05, 0) is 12.8 Å². The second-order valence-corrected chi connectivity index (χ2v) is 3.08. The lowest BCUT2D eigenvalue weighted by molar-refractivity contribution is -0.121. The van der Waals surface area contributed by atoms with Gasteiger partial charge in [-0.2, -0.15) is 0 Å². The molecule has 1 aliphatic carbocycles. The van der Waals surface area contributed by atoms with Crippen LogP contribution < -0.4 is 5.32 Å². The molecule has 3 heteroatoms. The van der Waals surface area contributed by atoms with Crippen molar-refractivity contribution in [3.8, 4) is 0 Å². The summed E-state index contributed by atoms with van der Waals surface area (Å²) in [5, 5.41) is 2.90. The van der Waals surface area contributed by atoms with Gasteiger partial charge in [-0.25, -0.2) is 0 Å². The lowest BCUT2D eigenvalue weighted by atomic mass is 10.3. The molecule has 1 N–H and O–H groups in total. The zero-order valence-electron chi connectivity index (χ0n) is 6.11. The lowest BCUT2D eigenvalue weighted by Crippen LogP contribution is -2.37. The van der Waals surface area contributed by atoms with Crippen molar-refractivity contribution in [2.75, 3.05) is 5.88 Å². The molecule has 1 fully saturated rings. The van der Waals surface area contributed by atoms with E-state index in [0.29, 0.717) is 12.3 Å². The fourth-order valence-electron chi connectivity index (χ4n) is 0.827. The van der Waals surface area contributed by atoms with Crippen molar-refractivity contribution in [1.82, 2.24) is 5.32 Å². The highest BCUT2D eigenvalue weighted by molar-refractivity contribution is 6.19. The Morgan fingerprint density at radius 2 is 2.30 bits per heavy atom. The van der Waals surface area contributed by atoms with Crippen molar-refractivity contribution in [2.24, 2.45) is 0 Å². The fourth-order valence-corrected chi connectivity index (χ4v) is 1.16. The van der Waals surface area contributed by atoms with Crippen LogP contribution in [0.1, 0.15) is 26.2 Å². The molecule has 0 bridgehead atoms. The number of nitrogens with one attached hydrogen (secondary N) is 1. The van der Waals surface area contributed by atoms with Crippen molar-refractivity contribution in [3.05, 3.63) is 0 Å². The Morgan fingerprint density at radius 3 is 2.60 bits per heavy atom. The maximum Gasteiger partial charge on any atom is 0.220 e. The molecule has 0 aromatic heterocycles. The van der Waals surface area contributed by atoms with E-state index >= 15 is 0 Å². The summed E-state index contributed by atoms with van der Waals surface area (Å²) in [6.07, 6.45) is 2.64. The summed E-state index contributed by atoms with van der Waals surface area (Å²) in [5.41, 5.74) is -0.0192. The minimum absolute atomic E-state index is 0.0192. The summed E-state index contributed by atoms with van der Waals surface area (Å²) in [6.45, 7) is 1.85. The summed E-state index contributed by atoms with van der Waals surface area (Å²) >= 11 is 5.64. The molecule has 0 saturated heterocycles. The quantitative estimate of drug-likeness (QED) is 0.621. The molecule has 1 saturated carbocycles. The van der Waals surface area contributed by atoms with E-state index in [1.54, 1.807) is 0 Å². The van der Waals surface area contributed by atoms with E-state index in [2.05, 4.69) is 5.32 Å². The Bertz CT molecular complexity index is 143. The largest absolute Gasteiger partial charge is 0.349 e. The molecule has 58 valence electrons. The number of amides is 1. The third-order valence-electron chi connectivity index (χ3n) is 1.84. The summed E-state index contributed by atoms with van der Waals surface area (Å²) in [5.74, 6) is 0.664. The summed E-state index contributed by atoms with van der Waals surface area (Å²) < 4.78 is 0. The minimum atomic E-state index is -0.0192. The molecule has 2 nitrogen and oxygen atoms in total. The van der Waals surface area contributed by atoms with Crippen LogP contribution in [0.25, 0.3) is 0 Å². The topological polar surface area (TPSA) is 29.1 Å². The smallest absolute Gasteiger partial charge is 0.220 e. The van der Waals surface area contributed by atoms with E-state index < -0.39 is 0 Å². The molecule has 0 heterocycles. The van der Waals surface area contributed by atoms with Crippen LogP contribution >= 0.6 is 11.6 Å². The first-order valence-corrected chi connectivity index (χ1v) is 4.13. The fraction of sp³-hybridized carbons (Fsp3) is 0.857. The average molecular weight is 162 g/mol. The highest BCUT2D eigenvalue weighted by Crippen LogP contribution is 2.36. The lowest BCUT2D eigenvalue weighted by Gasteiger charge is -2.12. The molecule has 0 aromatic rings. The maximum atomic E-state index is 10.9. The van der Waals surface area contributed by atoms with E-state index in [1.807, 2.05) is 6.92 Å². The maximum absolute atomic E-state index is 10.9. The summed E-state index contributed by atoms with van der Waals surface area (Å²) in [7, 11) is 0. The Labute approximate surface area is 65.9 Å². The summed E-state index contributed by atoms with van der Waals surface area (Å²) in [6, 6.07) is 0. The first kappa shape index (κ1) is 7.86. The predicted octanol–water partition coefficient (Wildman–Crippen LogP) is 1.28. The van der Waals surface area contributed by atoms with Gasteiger partial charge in [0.1, 0.15) is 0 Å². The van der Waals surface area contributed by atoms with Gasteiger partial charge in [0, 0.05) is 12.3 Å². The van der Waals surface area contributed by atoms with E-state index in [1.165, 1.54) is 0 Å². The van der Waals surface area contributed by atoms with Crippen LogP contribution in [0.5, 0.6) is 0 Å². The van der Waals surface area contributed by atoms with Crippen LogP contribution in [-0.4, -0.2) is 17.3 Å². The molecule has 10 heavy (non-hydrogen) atoms. The highest BCUT2D eigenvalue weighted by Gasteiger charge is 2.42. The molecule has 0 aromatic carbocycles. The van der Waals surface area contributed by atoms with Gasteiger partial charge in [0.15, 0.2) is 0 Å². The van der Waals surface area contributed by atoms with Crippen LogP contribution in [0.4, 0.5) is 0 Å². The molecule has 1 aliphatic rings. The molecule has 0 spiro atoms. The number of halogens is 1. The first-order chi connectivity index (χ1) is 4.72. The van der Waals surface area contributed by atoms with E-state index in [4.69, 9.17) is 11.6 Å². The monoisotopic (exact) mass is 161 g/mol. The molecule has 1 amide bonds. The van der Waals surface area contributed by atoms with Gasteiger partial charge in [0.05, 0.1) is 5.54 Å². The average Bonchev–Trinajstić information content (AvgIpc) is 2.70. The number of rotatable bonds is 3. The van der Waals surface area contributed by atoms with Gasteiger partial charge < -0.3 is 5.32 Å². The first-order valence-electron chi connectivity index (χ1n) is 3.59. The Hall–Kier alpha value is -0.240. The van der Waals surface area contributed by atoms with Gasteiger partial charge >= 0.3 is 0 Å². The number of carbonyl (C=O) groups excluding carboxylic acids is 1. The van der Waals surface area contributed by atoms with E-state index in [9.17, 15) is 4.79 Å². The van der Waals surface area contributed by atoms with Crippen LogP contribution in [0.2, 0.25) is 0 Å². The highest BCUT2D eigenvalue weighted by atomic mass is 35.5. The number of hydrogen-bond donors (Lipinski definition) is 1. The Kier molecular flexibility index (Phi) is 2.19. The Balaban J connectivity index is 2.30. The van der Waals surface area contributed by atoms with Gasteiger partial charge in [0.25, 0.3) is 0 Å². The molecular weight excluding hydrogens is 150 g/mol. The van der Waals surface area contributed by atoms with Gasteiger partial charge in [-0.15, -0.1) is 11.6 Å². The van der Waals surface area contributed by atoms with Crippen molar-refractivity contribution in [1.29, 1.82) is 0 Å². The second-order valence-electron chi connectivity index (χ2n) is 2.82. The van der Waals surface area contributed by atoms with Crippen LogP contribution in [0.15, 0.2) is 0 Å². The third kappa shape index (κ3) is 1.63. The van der Waals surface area contributed by atoms with E-state index in [0.717, 1.165) is 12.8 Å². The number of carbonyl (C=O) groups is 1. The van der Waals surface area contributed by atoms with Crippen molar-refractivity contribution in [3.63, 3.8) is 0 Å². The number of alkyl halides is 1. The van der Waals surface area contributed by atoms with Crippen LogP contribution in [-0.2, 0) is 4.79 Å². The van der Waals surface area contributed by atoms with Crippen molar-refractivity contribution >= 4 is 17.5 Å². The zero-order chi connectivity index (χ0) is 7.61. The van der Waals surface area contributed by atoms with Crippen molar-refractivity contribution in [2.45, 2.75) is 31.7 Å². The molecular formula is C7H12ClNO. The third-order valence-corrected chi connectivity index (χ3v) is 2.35. The standard InChI is InChI=1S/C7H12ClNO/c1-2-6(10)9-7(5-8)3-4-7/h2-5H2,1H3,(H,9,10). The Morgan fingerprint density at radius 1 is 1.70 bits per heavy atom. The second kappa shape index (κ2) is 2.79. The molecule has 0 radical (unpaired) electrons. The predicted molar refractivity (Wildman–Crippen MR) is 41.1 cm³/mol. The normalized spacial score (nSPS) is 20.2. The molecule has 0 atom stereocenters. The van der Waals surface area contributed by atoms with Gasteiger partial charge in [0.2, 0.25) is 5.91 Å². The van der Waals surface area contributed by atoms with E-state index in [-0.39, 0.29) is 11.4 Å². The molecule has 1 rings (SSSR count).